The highest BCUT2D eigenvalue weighted by atomic mass is 16.6. The largest absolute Gasteiger partial charge is 0.479 e. The molecule has 0 unspecified atom stereocenters. The van der Waals surface area contributed by atoms with Crippen LogP contribution in [0, 0.1) is 0 Å². The summed E-state index contributed by atoms with van der Waals surface area (Å²) in [4.78, 5) is 4.27. The number of anilines is 2. The van der Waals surface area contributed by atoms with E-state index in [4.69, 9.17) is 4.74 Å². The third kappa shape index (κ3) is 2.72. The fraction of sp³-hybridized carbons (Fsp3) is 0.312. The number of hydrogen-bond acceptors (Lipinski definition) is 6. The molecule has 0 saturated carbocycles. The highest BCUT2D eigenvalue weighted by Gasteiger charge is 2.15. The van der Waals surface area contributed by atoms with E-state index in [1.165, 1.54) is 5.56 Å². The summed E-state index contributed by atoms with van der Waals surface area (Å²) in [5.41, 5.74) is 4.01. The van der Waals surface area contributed by atoms with Crippen LogP contribution in [0.4, 0.5) is 11.4 Å². The van der Waals surface area contributed by atoms with Gasteiger partial charge in [-0.2, -0.15) is 4.98 Å². The van der Waals surface area contributed by atoms with Gasteiger partial charge in [0, 0.05) is 11.8 Å². The third-order valence-corrected chi connectivity index (χ3v) is 3.42. The molecule has 0 aliphatic rings. The van der Waals surface area contributed by atoms with Gasteiger partial charge in [-0.1, -0.05) is 32.9 Å². The van der Waals surface area contributed by atoms with E-state index in [0.717, 1.165) is 11.4 Å². The molecule has 0 aliphatic carbocycles. The molecule has 6 nitrogen and oxygen atoms in total. The molecule has 1 aromatic carbocycles. The number of pyridine rings is 1. The zero-order valence-corrected chi connectivity index (χ0v) is 13.0. The molecule has 6 heteroatoms. The van der Waals surface area contributed by atoms with Crippen LogP contribution in [-0.4, -0.2) is 22.4 Å². The number of rotatable bonds is 3. The number of nitrogens with zero attached hydrogens (tertiary/aromatic N) is 3. The van der Waals surface area contributed by atoms with Crippen molar-refractivity contribution in [1.82, 2.24) is 15.3 Å². The van der Waals surface area contributed by atoms with Crippen LogP contribution in [0.1, 0.15) is 26.3 Å². The van der Waals surface area contributed by atoms with Crippen molar-refractivity contribution in [2.75, 3.05) is 12.4 Å². The van der Waals surface area contributed by atoms with E-state index in [9.17, 15) is 0 Å². The molecule has 0 spiro atoms. The lowest BCUT2D eigenvalue weighted by Gasteiger charge is -2.20. The van der Waals surface area contributed by atoms with E-state index in [-0.39, 0.29) is 5.41 Å². The summed E-state index contributed by atoms with van der Waals surface area (Å²) in [5, 5.41) is 10.8. The zero-order chi connectivity index (χ0) is 15.7. The van der Waals surface area contributed by atoms with Crippen LogP contribution in [0.3, 0.4) is 0 Å². The molecule has 22 heavy (non-hydrogen) atoms. The van der Waals surface area contributed by atoms with Crippen LogP contribution < -0.4 is 10.1 Å². The zero-order valence-electron chi connectivity index (χ0n) is 13.0. The predicted octanol–water partition coefficient (Wildman–Crippen LogP) is 3.67. The molecule has 0 atom stereocenters. The minimum atomic E-state index is 0.0833. The Bertz CT molecular complexity index is 805. The van der Waals surface area contributed by atoms with Crippen molar-refractivity contribution in [3.63, 3.8) is 0 Å². The van der Waals surface area contributed by atoms with E-state index in [1.807, 2.05) is 12.1 Å². The summed E-state index contributed by atoms with van der Waals surface area (Å²) in [6, 6.07) is 10.1. The van der Waals surface area contributed by atoms with Crippen molar-refractivity contribution in [3.05, 3.63) is 35.9 Å². The summed E-state index contributed by atoms with van der Waals surface area (Å²) < 4.78 is 10.00. The predicted molar refractivity (Wildman–Crippen MR) is 84.6 cm³/mol. The van der Waals surface area contributed by atoms with Crippen LogP contribution in [0.2, 0.25) is 0 Å². The molecule has 0 amide bonds. The molecule has 0 aliphatic heterocycles. The summed E-state index contributed by atoms with van der Waals surface area (Å²) in [5.74, 6) is 0.448. The lowest BCUT2D eigenvalue weighted by Crippen LogP contribution is -2.11. The highest BCUT2D eigenvalue weighted by molar-refractivity contribution is 5.78. The molecule has 0 fully saturated rings. The first-order chi connectivity index (χ1) is 10.5. The van der Waals surface area contributed by atoms with Gasteiger partial charge in [0.05, 0.1) is 7.11 Å². The van der Waals surface area contributed by atoms with Gasteiger partial charge in [-0.05, 0) is 33.4 Å². The third-order valence-electron chi connectivity index (χ3n) is 3.42. The maximum Gasteiger partial charge on any atom is 0.239 e. The maximum absolute atomic E-state index is 5.31. The minimum Gasteiger partial charge on any atom is -0.479 e. The normalized spacial score (nSPS) is 11.6. The number of nitrogens with one attached hydrogen (secondary N) is 1. The Hall–Kier alpha value is -2.63. The highest BCUT2D eigenvalue weighted by Crippen LogP contribution is 2.30. The van der Waals surface area contributed by atoms with Crippen molar-refractivity contribution < 1.29 is 9.37 Å². The van der Waals surface area contributed by atoms with E-state index in [0.29, 0.717) is 17.0 Å². The molecule has 2 heterocycles. The smallest absolute Gasteiger partial charge is 0.239 e. The average Bonchev–Trinajstić information content (AvgIpc) is 2.93. The monoisotopic (exact) mass is 298 g/mol. The Morgan fingerprint density at radius 2 is 1.95 bits per heavy atom. The fourth-order valence-electron chi connectivity index (χ4n) is 2.18. The van der Waals surface area contributed by atoms with Crippen molar-refractivity contribution in [2.24, 2.45) is 0 Å². The summed E-state index contributed by atoms with van der Waals surface area (Å²) in [6.45, 7) is 6.55. The Kier molecular flexibility index (Phi) is 3.44. The van der Waals surface area contributed by atoms with Crippen LogP contribution >= 0.6 is 0 Å². The van der Waals surface area contributed by atoms with Crippen LogP contribution in [0.5, 0.6) is 5.88 Å². The van der Waals surface area contributed by atoms with Crippen molar-refractivity contribution in [3.8, 4) is 5.88 Å². The lowest BCUT2D eigenvalue weighted by molar-refractivity contribution is 0.314. The first-order valence-corrected chi connectivity index (χ1v) is 7.02. The van der Waals surface area contributed by atoms with Crippen molar-refractivity contribution in [2.45, 2.75) is 26.2 Å². The molecule has 114 valence electrons. The van der Waals surface area contributed by atoms with E-state index in [2.05, 4.69) is 58.1 Å². The molecule has 3 rings (SSSR count). The molecule has 0 bridgehead atoms. The first kappa shape index (κ1) is 14.3. The Morgan fingerprint density at radius 3 is 2.68 bits per heavy atom. The van der Waals surface area contributed by atoms with Gasteiger partial charge < -0.3 is 10.1 Å². The summed E-state index contributed by atoms with van der Waals surface area (Å²) in [6.07, 6.45) is 0. The molecule has 0 saturated heterocycles. The molecule has 0 radical (unpaired) electrons. The van der Waals surface area contributed by atoms with Gasteiger partial charge in [0.15, 0.2) is 5.52 Å². The van der Waals surface area contributed by atoms with Gasteiger partial charge in [0.1, 0.15) is 5.69 Å². The summed E-state index contributed by atoms with van der Waals surface area (Å²) >= 11 is 0. The van der Waals surface area contributed by atoms with Crippen LogP contribution in [0.15, 0.2) is 35.0 Å². The SMILES string of the molecule is COc1nc2nonc2cc1Nc1cccc(C(C)(C)C)c1. The van der Waals surface area contributed by atoms with Gasteiger partial charge in [-0.3, -0.25) is 0 Å². The second kappa shape index (κ2) is 5.29. The number of benzene rings is 1. The average molecular weight is 298 g/mol. The van der Waals surface area contributed by atoms with Crippen molar-refractivity contribution >= 4 is 22.5 Å². The van der Waals surface area contributed by atoms with Gasteiger partial charge in [-0.15, -0.1) is 0 Å². The standard InChI is InChI=1S/C16H18N4O2/c1-16(2,3)10-6-5-7-11(8-10)17-13-9-12-14(20-22-19-12)18-15(13)21-4/h5-9,17H,1-4H3. The number of ether oxygens (including phenoxy) is 1. The van der Waals surface area contributed by atoms with Crippen molar-refractivity contribution in [1.29, 1.82) is 0 Å². The second-order valence-corrected chi connectivity index (χ2v) is 6.11. The number of aromatic nitrogens is 3. The molecule has 2 aromatic heterocycles. The topological polar surface area (TPSA) is 73.1 Å². The molecular weight excluding hydrogens is 280 g/mol. The van der Waals surface area contributed by atoms with E-state index < -0.39 is 0 Å². The second-order valence-electron chi connectivity index (χ2n) is 6.11. The molecule has 1 N–H and O–H groups in total. The fourth-order valence-corrected chi connectivity index (χ4v) is 2.18. The van der Waals surface area contributed by atoms with Gasteiger partial charge in [0.25, 0.3) is 0 Å². The molecular formula is C16H18N4O2. The lowest BCUT2D eigenvalue weighted by atomic mass is 9.87. The minimum absolute atomic E-state index is 0.0833. The Morgan fingerprint density at radius 1 is 1.14 bits per heavy atom. The summed E-state index contributed by atoms with van der Waals surface area (Å²) in [7, 11) is 1.57. The van der Waals surface area contributed by atoms with Gasteiger partial charge >= 0.3 is 0 Å². The van der Waals surface area contributed by atoms with E-state index in [1.54, 1.807) is 13.2 Å². The molecule has 3 aromatic rings. The first-order valence-electron chi connectivity index (χ1n) is 7.02. The number of methoxy groups -OCH3 is 1. The van der Waals surface area contributed by atoms with Gasteiger partial charge in [0.2, 0.25) is 11.5 Å². The van der Waals surface area contributed by atoms with E-state index >= 15 is 0 Å². The quantitative estimate of drug-likeness (QED) is 0.795. The Balaban J connectivity index is 1.99. The Labute approximate surface area is 128 Å². The number of fused-ring (bicyclic) bond motifs is 1. The van der Waals surface area contributed by atoms with Crippen LogP contribution in [0.25, 0.3) is 11.2 Å². The van der Waals surface area contributed by atoms with Gasteiger partial charge in [-0.25, -0.2) is 4.63 Å². The number of hydrogen-bond donors (Lipinski definition) is 1. The maximum atomic E-state index is 5.31. The van der Waals surface area contributed by atoms with Crippen LogP contribution in [-0.2, 0) is 5.41 Å².